The lowest BCUT2D eigenvalue weighted by atomic mass is 9.82. The van der Waals surface area contributed by atoms with Crippen LogP contribution in [0.3, 0.4) is 0 Å². The number of ether oxygens (including phenoxy) is 2. The Hall–Kier alpha value is -4.03. The molecule has 0 aromatic heterocycles. The maximum absolute atomic E-state index is 9.57. The van der Waals surface area contributed by atoms with Crippen LogP contribution in [0.4, 0.5) is 0 Å². The molecule has 148 valence electrons. The van der Waals surface area contributed by atoms with E-state index in [0.717, 1.165) is 16.9 Å². The number of nitriles is 1. The Morgan fingerprint density at radius 3 is 2.19 bits per heavy atom. The molecule has 0 saturated carbocycles. The molecule has 1 aliphatic carbocycles. The normalized spacial score (nSPS) is 14.2. The van der Waals surface area contributed by atoms with Gasteiger partial charge in [-0.05, 0) is 46.5 Å². The average Bonchev–Trinajstić information content (AvgIpc) is 3.02. The molecule has 4 aromatic carbocycles. The van der Waals surface area contributed by atoms with Crippen LogP contribution in [-0.4, -0.2) is 0 Å². The molecule has 0 amide bonds. The molecule has 1 aliphatic heterocycles. The van der Waals surface area contributed by atoms with Gasteiger partial charge in [0, 0.05) is 16.5 Å². The third kappa shape index (κ3) is 2.45. The van der Waals surface area contributed by atoms with Crippen molar-refractivity contribution < 1.29 is 9.47 Å². The van der Waals surface area contributed by atoms with E-state index in [2.05, 4.69) is 56.3 Å². The van der Waals surface area contributed by atoms with Gasteiger partial charge in [-0.3, -0.25) is 0 Å². The molecule has 2 aliphatic rings. The summed E-state index contributed by atoms with van der Waals surface area (Å²) < 4.78 is 12.8. The van der Waals surface area contributed by atoms with E-state index < -0.39 is 0 Å². The minimum Gasteiger partial charge on any atom is -0.449 e. The van der Waals surface area contributed by atoms with Crippen LogP contribution in [0.5, 0.6) is 23.0 Å². The minimum absolute atomic E-state index is 0.0990. The molecule has 1 heterocycles. The molecule has 0 saturated heterocycles. The zero-order valence-electron chi connectivity index (χ0n) is 17.3. The van der Waals surface area contributed by atoms with Crippen molar-refractivity contribution in [2.24, 2.45) is 0 Å². The zero-order chi connectivity index (χ0) is 21.2. The van der Waals surface area contributed by atoms with Gasteiger partial charge in [0.2, 0.25) is 0 Å². The van der Waals surface area contributed by atoms with Crippen molar-refractivity contribution >= 4 is 0 Å². The molecule has 31 heavy (non-hydrogen) atoms. The van der Waals surface area contributed by atoms with Gasteiger partial charge < -0.3 is 9.47 Å². The number of rotatable bonds is 1. The Morgan fingerprint density at radius 2 is 1.35 bits per heavy atom. The van der Waals surface area contributed by atoms with E-state index >= 15 is 0 Å². The van der Waals surface area contributed by atoms with Gasteiger partial charge in [-0.25, -0.2) is 0 Å². The van der Waals surface area contributed by atoms with Crippen molar-refractivity contribution in [3.8, 4) is 51.3 Å². The first kappa shape index (κ1) is 17.8. The lowest BCUT2D eigenvalue weighted by Gasteiger charge is -2.26. The maximum Gasteiger partial charge on any atom is 0.177 e. The lowest BCUT2D eigenvalue weighted by Crippen LogP contribution is -2.15. The maximum atomic E-state index is 9.57. The van der Waals surface area contributed by atoms with Crippen LogP contribution in [0.15, 0.2) is 78.9 Å². The van der Waals surface area contributed by atoms with Crippen LogP contribution in [0.2, 0.25) is 0 Å². The second-order valence-corrected chi connectivity index (χ2v) is 8.51. The largest absolute Gasteiger partial charge is 0.449 e. The standard InChI is InChI=1S/C28H19NO2/c1-28(2)22-12-6-5-10-19(22)21-14-25-26(15-23(21)28)30-24-13-7-11-20(27(24)31-25)18-9-4-3-8-17(18)16-29/h3-15H,1-2H3. The van der Waals surface area contributed by atoms with Crippen LogP contribution in [-0.2, 0) is 5.41 Å². The molecule has 0 fully saturated rings. The third-order valence-electron chi connectivity index (χ3n) is 6.40. The van der Waals surface area contributed by atoms with E-state index in [0.29, 0.717) is 22.8 Å². The first-order valence-electron chi connectivity index (χ1n) is 10.3. The molecule has 4 aromatic rings. The highest BCUT2D eigenvalue weighted by atomic mass is 16.6. The van der Waals surface area contributed by atoms with Crippen molar-refractivity contribution in [1.82, 2.24) is 0 Å². The van der Waals surface area contributed by atoms with Gasteiger partial charge in [0.05, 0.1) is 11.6 Å². The smallest absolute Gasteiger partial charge is 0.177 e. The average molecular weight is 401 g/mol. The molecule has 6 rings (SSSR count). The molecule has 0 spiro atoms. The number of nitrogens with zero attached hydrogens (tertiary/aromatic N) is 1. The van der Waals surface area contributed by atoms with Crippen molar-refractivity contribution in [3.63, 3.8) is 0 Å². The summed E-state index contributed by atoms with van der Waals surface area (Å²) >= 11 is 0. The van der Waals surface area contributed by atoms with Crippen molar-refractivity contribution in [2.75, 3.05) is 0 Å². The summed E-state index contributed by atoms with van der Waals surface area (Å²) in [5, 5.41) is 9.57. The minimum atomic E-state index is -0.0990. The zero-order valence-corrected chi connectivity index (χ0v) is 17.3. The highest BCUT2D eigenvalue weighted by Crippen LogP contribution is 2.56. The highest BCUT2D eigenvalue weighted by Gasteiger charge is 2.37. The van der Waals surface area contributed by atoms with Crippen LogP contribution in [0.1, 0.15) is 30.5 Å². The first-order chi connectivity index (χ1) is 15.1. The first-order valence-corrected chi connectivity index (χ1v) is 10.3. The fraction of sp³-hybridized carbons (Fsp3) is 0.107. The number of para-hydroxylation sites is 1. The molecular formula is C28H19NO2. The molecule has 3 nitrogen and oxygen atoms in total. The topological polar surface area (TPSA) is 42.2 Å². The molecule has 0 unspecified atom stereocenters. The Bertz CT molecular complexity index is 1430. The fourth-order valence-corrected chi connectivity index (χ4v) is 4.82. The summed E-state index contributed by atoms with van der Waals surface area (Å²) in [6, 6.07) is 28.4. The van der Waals surface area contributed by atoms with E-state index in [1.807, 2.05) is 42.5 Å². The molecule has 0 atom stereocenters. The third-order valence-corrected chi connectivity index (χ3v) is 6.40. The Kier molecular flexibility index (Phi) is 3.58. The molecule has 0 bridgehead atoms. The van der Waals surface area contributed by atoms with E-state index in [1.54, 1.807) is 0 Å². The molecular weight excluding hydrogens is 382 g/mol. The summed E-state index contributed by atoms with van der Waals surface area (Å²) in [5.41, 5.74) is 7.17. The van der Waals surface area contributed by atoms with E-state index in [-0.39, 0.29) is 5.41 Å². The monoisotopic (exact) mass is 401 g/mol. The summed E-state index contributed by atoms with van der Waals surface area (Å²) in [5.74, 6) is 2.72. The molecule has 0 radical (unpaired) electrons. The second kappa shape index (κ2) is 6.23. The fourth-order valence-electron chi connectivity index (χ4n) is 4.82. The summed E-state index contributed by atoms with van der Waals surface area (Å²) in [6.45, 7) is 4.50. The molecule has 0 N–H and O–H groups in total. The quantitative estimate of drug-likeness (QED) is 0.293. The Balaban J connectivity index is 1.52. The van der Waals surface area contributed by atoms with Gasteiger partial charge >= 0.3 is 0 Å². The summed E-state index contributed by atoms with van der Waals surface area (Å²) in [4.78, 5) is 0. The van der Waals surface area contributed by atoms with Crippen LogP contribution in [0, 0.1) is 11.3 Å². The number of hydrogen-bond donors (Lipinski definition) is 0. The van der Waals surface area contributed by atoms with Crippen molar-refractivity contribution in [2.45, 2.75) is 19.3 Å². The molecule has 3 heteroatoms. The summed E-state index contributed by atoms with van der Waals surface area (Å²) in [6.07, 6.45) is 0. The number of benzene rings is 4. The van der Waals surface area contributed by atoms with Gasteiger partial charge in [-0.15, -0.1) is 0 Å². The van der Waals surface area contributed by atoms with Crippen molar-refractivity contribution in [3.05, 3.63) is 95.6 Å². The van der Waals surface area contributed by atoms with Crippen LogP contribution >= 0.6 is 0 Å². The number of fused-ring (bicyclic) bond motifs is 5. The van der Waals surface area contributed by atoms with E-state index in [9.17, 15) is 5.26 Å². The number of hydrogen-bond acceptors (Lipinski definition) is 3. The van der Waals surface area contributed by atoms with Gasteiger partial charge in [0.15, 0.2) is 23.0 Å². The van der Waals surface area contributed by atoms with E-state index in [1.165, 1.54) is 22.3 Å². The SMILES string of the molecule is CC1(C)c2ccccc2-c2cc3c(cc21)Oc1cccc(-c2ccccc2C#N)c1O3. The van der Waals surface area contributed by atoms with Gasteiger partial charge in [-0.1, -0.05) is 68.4 Å². The summed E-state index contributed by atoms with van der Waals surface area (Å²) in [7, 11) is 0. The van der Waals surface area contributed by atoms with Crippen LogP contribution in [0.25, 0.3) is 22.3 Å². The highest BCUT2D eigenvalue weighted by molar-refractivity contribution is 5.85. The van der Waals surface area contributed by atoms with Crippen molar-refractivity contribution in [1.29, 1.82) is 5.26 Å². The van der Waals surface area contributed by atoms with Crippen LogP contribution < -0.4 is 9.47 Å². The predicted molar refractivity (Wildman–Crippen MR) is 121 cm³/mol. The lowest BCUT2D eigenvalue weighted by molar-refractivity contribution is 0.360. The van der Waals surface area contributed by atoms with Gasteiger partial charge in [0.1, 0.15) is 0 Å². The predicted octanol–water partition coefficient (Wildman–Crippen LogP) is 7.43. The second-order valence-electron chi connectivity index (χ2n) is 8.51. The van der Waals surface area contributed by atoms with Gasteiger partial charge in [-0.2, -0.15) is 5.26 Å². The Morgan fingerprint density at radius 1 is 0.645 bits per heavy atom. The van der Waals surface area contributed by atoms with E-state index in [4.69, 9.17) is 9.47 Å². The van der Waals surface area contributed by atoms with Gasteiger partial charge in [0.25, 0.3) is 0 Å². The Labute approximate surface area is 181 Å².